The average molecular weight is 288 g/mol. The van der Waals surface area contributed by atoms with E-state index in [9.17, 15) is 4.79 Å². The van der Waals surface area contributed by atoms with Crippen molar-refractivity contribution in [3.05, 3.63) is 23.8 Å². The number of anilines is 2. The molecule has 0 bridgehead atoms. The predicted molar refractivity (Wildman–Crippen MR) is 89.9 cm³/mol. The van der Waals surface area contributed by atoms with Gasteiger partial charge in [-0.3, -0.25) is 4.79 Å². The number of nitrogens with one attached hydrogen (secondary N) is 2. The Hall–Kier alpha value is -1.51. The quantitative estimate of drug-likeness (QED) is 0.645. The minimum absolute atomic E-state index is 0.148. The van der Waals surface area contributed by atoms with Gasteiger partial charge in [0, 0.05) is 24.3 Å². The zero-order chi connectivity index (χ0) is 14.9. The fraction of sp³-hybridized carbons (Fsp3) is 0.611. The Bertz CT molecular complexity index is 457. The Morgan fingerprint density at radius 3 is 2.71 bits per heavy atom. The summed E-state index contributed by atoms with van der Waals surface area (Å²) >= 11 is 0. The molecule has 21 heavy (non-hydrogen) atoms. The normalized spacial score (nSPS) is 12.8. The van der Waals surface area contributed by atoms with Crippen molar-refractivity contribution in [3.63, 3.8) is 0 Å². The van der Waals surface area contributed by atoms with E-state index in [4.69, 9.17) is 0 Å². The van der Waals surface area contributed by atoms with Gasteiger partial charge in [0.15, 0.2) is 0 Å². The largest absolute Gasteiger partial charge is 0.384 e. The third-order valence-corrected chi connectivity index (χ3v) is 4.11. The van der Waals surface area contributed by atoms with Crippen LogP contribution in [0.4, 0.5) is 11.4 Å². The van der Waals surface area contributed by atoms with E-state index in [1.54, 1.807) is 0 Å². The maximum absolute atomic E-state index is 11.9. The molecule has 0 aliphatic carbocycles. The van der Waals surface area contributed by atoms with E-state index in [2.05, 4.69) is 29.7 Å². The van der Waals surface area contributed by atoms with Gasteiger partial charge >= 0.3 is 0 Å². The molecule has 3 heteroatoms. The average Bonchev–Trinajstić information content (AvgIpc) is 2.94. The highest BCUT2D eigenvalue weighted by molar-refractivity contribution is 5.91. The Labute approximate surface area is 128 Å². The standard InChI is InChI=1S/C18H28N2O/c1-2-3-4-5-6-7-8-9-18(21)20-16-10-11-17-15(14-16)12-13-19-17/h10-11,14,19H,2-9,12-13H2,1H3,(H,20,21). The molecule has 2 N–H and O–H groups in total. The number of benzene rings is 1. The van der Waals surface area contributed by atoms with E-state index >= 15 is 0 Å². The monoisotopic (exact) mass is 288 g/mol. The number of rotatable bonds is 9. The van der Waals surface area contributed by atoms with Crippen LogP contribution in [0.25, 0.3) is 0 Å². The lowest BCUT2D eigenvalue weighted by Gasteiger charge is -2.07. The second-order valence-electron chi connectivity index (χ2n) is 5.97. The zero-order valence-electron chi connectivity index (χ0n) is 13.2. The Morgan fingerprint density at radius 1 is 1.14 bits per heavy atom. The number of unbranched alkanes of at least 4 members (excludes halogenated alkanes) is 6. The fourth-order valence-electron chi connectivity index (χ4n) is 2.85. The van der Waals surface area contributed by atoms with Gasteiger partial charge in [0.25, 0.3) is 0 Å². The third-order valence-electron chi connectivity index (χ3n) is 4.11. The van der Waals surface area contributed by atoms with E-state index in [0.717, 1.165) is 25.1 Å². The summed E-state index contributed by atoms with van der Waals surface area (Å²) in [6.45, 7) is 3.24. The van der Waals surface area contributed by atoms with Gasteiger partial charge in [0.05, 0.1) is 0 Å². The highest BCUT2D eigenvalue weighted by Gasteiger charge is 2.10. The molecule has 1 aromatic carbocycles. The first kappa shape index (κ1) is 15.9. The molecule has 1 amide bonds. The summed E-state index contributed by atoms with van der Waals surface area (Å²) in [5.74, 6) is 0.148. The van der Waals surface area contributed by atoms with Crippen LogP contribution in [0.3, 0.4) is 0 Å². The fourth-order valence-corrected chi connectivity index (χ4v) is 2.85. The van der Waals surface area contributed by atoms with Crippen molar-refractivity contribution in [2.45, 2.75) is 64.7 Å². The number of fused-ring (bicyclic) bond motifs is 1. The van der Waals surface area contributed by atoms with E-state index in [1.807, 2.05) is 6.07 Å². The lowest BCUT2D eigenvalue weighted by molar-refractivity contribution is -0.116. The van der Waals surface area contributed by atoms with Crippen LogP contribution in [0.5, 0.6) is 0 Å². The molecule has 0 fully saturated rings. The van der Waals surface area contributed by atoms with Crippen LogP contribution >= 0.6 is 0 Å². The van der Waals surface area contributed by atoms with Gasteiger partial charge in [0.2, 0.25) is 5.91 Å². The minimum atomic E-state index is 0.148. The molecule has 0 spiro atoms. The second kappa shape index (κ2) is 8.71. The predicted octanol–water partition coefficient (Wildman–Crippen LogP) is 4.73. The van der Waals surface area contributed by atoms with Crippen LogP contribution in [0.15, 0.2) is 18.2 Å². The van der Waals surface area contributed by atoms with Crippen molar-refractivity contribution in [1.82, 2.24) is 0 Å². The Kier molecular flexibility index (Phi) is 6.58. The molecule has 116 valence electrons. The molecule has 0 saturated heterocycles. The summed E-state index contributed by atoms with van der Waals surface area (Å²) in [7, 11) is 0. The van der Waals surface area contributed by atoms with Crippen LogP contribution in [0.1, 0.15) is 63.9 Å². The van der Waals surface area contributed by atoms with Crippen molar-refractivity contribution in [3.8, 4) is 0 Å². The number of hydrogen-bond acceptors (Lipinski definition) is 2. The van der Waals surface area contributed by atoms with Crippen LogP contribution in [0, 0.1) is 0 Å². The number of carbonyl (C=O) groups is 1. The molecule has 1 aromatic rings. The molecular weight excluding hydrogens is 260 g/mol. The minimum Gasteiger partial charge on any atom is -0.384 e. The first-order valence-electron chi connectivity index (χ1n) is 8.46. The first-order valence-corrected chi connectivity index (χ1v) is 8.46. The van der Waals surface area contributed by atoms with Gasteiger partial charge in [-0.2, -0.15) is 0 Å². The summed E-state index contributed by atoms with van der Waals surface area (Å²) in [6.07, 6.45) is 10.4. The maximum Gasteiger partial charge on any atom is 0.224 e. The van der Waals surface area contributed by atoms with Gasteiger partial charge in [-0.1, -0.05) is 45.4 Å². The molecule has 0 unspecified atom stereocenters. The smallest absolute Gasteiger partial charge is 0.224 e. The van der Waals surface area contributed by atoms with Crippen LogP contribution in [-0.2, 0) is 11.2 Å². The zero-order valence-corrected chi connectivity index (χ0v) is 13.2. The summed E-state index contributed by atoms with van der Waals surface area (Å²) in [5.41, 5.74) is 3.45. The van der Waals surface area contributed by atoms with Gasteiger partial charge in [-0.15, -0.1) is 0 Å². The highest BCUT2D eigenvalue weighted by Crippen LogP contribution is 2.25. The van der Waals surface area contributed by atoms with Gasteiger partial charge in [-0.25, -0.2) is 0 Å². The molecule has 1 aliphatic heterocycles. The summed E-state index contributed by atoms with van der Waals surface area (Å²) in [6, 6.07) is 6.14. The molecule has 0 atom stereocenters. The van der Waals surface area contributed by atoms with Gasteiger partial charge < -0.3 is 10.6 Å². The van der Waals surface area contributed by atoms with E-state index in [0.29, 0.717) is 6.42 Å². The van der Waals surface area contributed by atoms with E-state index < -0.39 is 0 Å². The molecule has 0 saturated carbocycles. The van der Waals surface area contributed by atoms with Crippen LogP contribution in [-0.4, -0.2) is 12.5 Å². The second-order valence-corrected chi connectivity index (χ2v) is 5.97. The lowest BCUT2D eigenvalue weighted by Crippen LogP contribution is -2.11. The maximum atomic E-state index is 11.9. The molecule has 0 aromatic heterocycles. The Balaban J connectivity index is 1.61. The molecular formula is C18H28N2O. The van der Waals surface area contributed by atoms with E-state index in [1.165, 1.54) is 49.8 Å². The number of amides is 1. The summed E-state index contributed by atoms with van der Waals surface area (Å²) in [4.78, 5) is 11.9. The van der Waals surface area contributed by atoms with Gasteiger partial charge in [-0.05, 0) is 36.6 Å². The Morgan fingerprint density at radius 2 is 1.90 bits per heavy atom. The topological polar surface area (TPSA) is 41.1 Å². The van der Waals surface area contributed by atoms with Crippen molar-refractivity contribution in [2.75, 3.05) is 17.2 Å². The lowest BCUT2D eigenvalue weighted by atomic mass is 10.1. The molecule has 2 rings (SSSR count). The highest BCUT2D eigenvalue weighted by atomic mass is 16.1. The summed E-state index contributed by atoms with van der Waals surface area (Å²) < 4.78 is 0. The SMILES string of the molecule is CCCCCCCCCC(=O)Nc1ccc2c(c1)CCN2. The first-order chi connectivity index (χ1) is 10.3. The van der Waals surface area contributed by atoms with E-state index in [-0.39, 0.29) is 5.91 Å². The molecule has 1 aliphatic rings. The van der Waals surface area contributed by atoms with Crippen molar-refractivity contribution in [1.29, 1.82) is 0 Å². The van der Waals surface area contributed by atoms with Crippen LogP contribution < -0.4 is 10.6 Å². The molecule has 1 heterocycles. The molecule has 0 radical (unpaired) electrons. The third kappa shape index (κ3) is 5.41. The van der Waals surface area contributed by atoms with Crippen LogP contribution in [0.2, 0.25) is 0 Å². The van der Waals surface area contributed by atoms with Crippen molar-refractivity contribution >= 4 is 17.3 Å². The molecule has 3 nitrogen and oxygen atoms in total. The van der Waals surface area contributed by atoms with Crippen molar-refractivity contribution < 1.29 is 4.79 Å². The summed E-state index contributed by atoms with van der Waals surface area (Å²) in [5, 5.41) is 6.35. The number of carbonyl (C=O) groups excluding carboxylic acids is 1. The van der Waals surface area contributed by atoms with Crippen molar-refractivity contribution in [2.24, 2.45) is 0 Å². The number of hydrogen-bond donors (Lipinski definition) is 2. The van der Waals surface area contributed by atoms with Gasteiger partial charge in [0.1, 0.15) is 0 Å².